The van der Waals surface area contributed by atoms with Crippen molar-refractivity contribution in [3.63, 3.8) is 0 Å². The highest BCUT2D eigenvalue weighted by Gasteiger charge is 2.16. The van der Waals surface area contributed by atoms with Gasteiger partial charge in [0, 0.05) is 19.5 Å². The maximum atomic E-state index is 11.7. The molecule has 1 saturated heterocycles. The summed E-state index contributed by atoms with van der Waals surface area (Å²) in [6.07, 6.45) is 4.83. The molecule has 1 unspecified atom stereocenters. The van der Waals surface area contributed by atoms with Crippen LogP contribution in [0.5, 0.6) is 0 Å². The maximum absolute atomic E-state index is 11.7. The fourth-order valence-electron chi connectivity index (χ4n) is 2.49. The molecule has 0 spiro atoms. The maximum Gasteiger partial charge on any atom is 0.407 e. The molecule has 21 heavy (non-hydrogen) atoms. The first kappa shape index (κ1) is 17.8. The normalized spacial score (nSPS) is 16.6. The fraction of sp³-hybridized carbons (Fsp3) is 0.867. The summed E-state index contributed by atoms with van der Waals surface area (Å²) in [5, 5.41) is 11.5. The van der Waals surface area contributed by atoms with Crippen molar-refractivity contribution >= 4 is 12.1 Å². The number of ether oxygens (including phenoxy) is 1. The van der Waals surface area contributed by atoms with Crippen LogP contribution in [0.3, 0.4) is 0 Å². The Balaban J connectivity index is 2.20. The van der Waals surface area contributed by atoms with Crippen LogP contribution in [0.4, 0.5) is 4.79 Å². The first-order valence-corrected chi connectivity index (χ1v) is 8.00. The van der Waals surface area contributed by atoms with Crippen molar-refractivity contribution < 1.29 is 19.4 Å². The number of likely N-dealkylation sites (tertiary alicyclic amines) is 1. The second kappa shape index (κ2) is 10.4. The summed E-state index contributed by atoms with van der Waals surface area (Å²) >= 11 is 0. The third-order valence-electron chi connectivity index (χ3n) is 3.73. The highest BCUT2D eigenvalue weighted by atomic mass is 16.6. The molecule has 0 saturated carbocycles. The molecule has 2 N–H and O–H groups in total. The van der Waals surface area contributed by atoms with Gasteiger partial charge in [0.15, 0.2) is 0 Å². The largest absolute Gasteiger partial charge is 0.481 e. The summed E-state index contributed by atoms with van der Waals surface area (Å²) in [5.74, 6) is -0.852. The van der Waals surface area contributed by atoms with E-state index in [4.69, 9.17) is 9.84 Å². The summed E-state index contributed by atoms with van der Waals surface area (Å²) in [7, 11) is 0. The summed E-state index contributed by atoms with van der Waals surface area (Å²) in [4.78, 5) is 24.7. The van der Waals surface area contributed by atoms with Gasteiger partial charge < -0.3 is 20.1 Å². The van der Waals surface area contributed by atoms with E-state index in [1.807, 2.05) is 0 Å². The standard InChI is InChI=1S/C15H28N2O4/c1-2-3-6-13(7-8-14(18)19)21-15(20)16-9-12-17-10-4-5-11-17/h13H,2-12H2,1H3,(H,16,20)(H,18,19). The fourth-order valence-corrected chi connectivity index (χ4v) is 2.49. The summed E-state index contributed by atoms with van der Waals surface area (Å²) in [6.45, 7) is 5.70. The van der Waals surface area contributed by atoms with Crippen molar-refractivity contribution in [1.29, 1.82) is 0 Å². The van der Waals surface area contributed by atoms with Gasteiger partial charge in [-0.3, -0.25) is 4.79 Å². The van der Waals surface area contributed by atoms with Gasteiger partial charge >= 0.3 is 12.1 Å². The molecule has 0 aromatic heterocycles. The average molecular weight is 300 g/mol. The molecule has 0 radical (unpaired) electrons. The van der Waals surface area contributed by atoms with Crippen molar-refractivity contribution in [2.75, 3.05) is 26.2 Å². The highest BCUT2D eigenvalue weighted by molar-refractivity contribution is 5.68. The lowest BCUT2D eigenvalue weighted by atomic mass is 10.1. The molecule has 1 atom stereocenters. The van der Waals surface area contributed by atoms with Gasteiger partial charge in [0.1, 0.15) is 6.10 Å². The molecule has 0 aliphatic carbocycles. The Morgan fingerprint density at radius 3 is 2.62 bits per heavy atom. The summed E-state index contributed by atoms with van der Waals surface area (Å²) in [6, 6.07) is 0. The van der Waals surface area contributed by atoms with Gasteiger partial charge in [-0.05, 0) is 38.8 Å². The van der Waals surface area contributed by atoms with Crippen molar-refractivity contribution in [2.45, 2.75) is 58.0 Å². The van der Waals surface area contributed by atoms with Crippen molar-refractivity contribution in [1.82, 2.24) is 10.2 Å². The molecular formula is C15H28N2O4. The molecule has 6 nitrogen and oxygen atoms in total. The zero-order valence-corrected chi connectivity index (χ0v) is 13.0. The monoisotopic (exact) mass is 300 g/mol. The molecule has 6 heteroatoms. The van der Waals surface area contributed by atoms with Crippen LogP contribution < -0.4 is 5.32 Å². The van der Waals surface area contributed by atoms with E-state index in [-0.39, 0.29) is 12.5 Å². The number of hydrogen-bond donors (Lipinski definition) is 2. The predicted molar refractivity (Wildman–Crippen MR) is 80.3 cm³/mol. The second-order valence-electron chi connectivity index (χ2n) is 5.58. The van der Waals surface area contributed by atoms with Gasteiger partial charge in [0.25, 0.3) is 0 Å². The predicted octanol–water partition coefficient (Wildman–Crippen LogP) is 2.23. The number of hydrogen-bond acceptors (Lipinski definition) is 4. The van der Waals surface area contributed by atoms with E-state index in [1.165, 1.54) is 12.8 Å². The Kier molecular flexibility index (Phi) is 8.82. The topological polar surface area (TPSA) is 78.9 Å². The zero-order chi connectivity index (χ0) is 15.5. The van der Waals surface area contributed by atoms with Crippen LogP contribution in [0.2, 0.25) is 0 Å². The SMILES string of the molecule is CCCCC(CCC(=O)O)OC(=O)NCCN1CCCC1. The van der Waals surface area contributed by atoms with E-state index < -0.39 is 12.1 Å². The zero-order valence-electron chi connectivity index (χ0n) is 13.0. The molecule has 1 aliphatic rings. The van der Waals surface area contributed by atoms with E-state index in [0.29, 0.717) is 13.0 Å². The van der Waals surface area contributed by atoms with E-state index >= 15 is 0 Å². The van der Waals surface area contributed by atoms with Crippen LogP contribution in [0.25, 0.3) is 0 Å². The highest BCUT2D eigenvalue weighted by Crippen LogP contribution is 2.11. The molecular weight excluding hydrogens is 272 g/mol. The van der Waals surface area contributed by atoms with Gasteiger partial charge in [-0.1, -0.05) is 19.8 Å². The molecule has 1 aliphatic heterocycles. The van der Waals surface area contributed by atoms with Crippen LogP contribution in [0.1, 0.15) is 51.9 Å². The Bertz CT molecular complexity index is 317. The van der Waals surface area contributed by atoms with Crippen LogP contribution >= 0.6 is 0 Å². The number of nitrogens with one attached hydrogen (secondary N) is 1. The van der Waals surface area contributed by atoms with Crippen LogP contribution in [-0.4, -0.2) is 54.4 Å². The van der Waals surface area contributed by atoms with Gasteiger partial charge in [-0.2, -0.15) is 0 Å². The first-order chi connectivity index (χ1) is 10.1. The number of nitrogens with zero attached hydrogens (tertiary/aromatic N) is 1. The van der Waals surface area contributed by atoms with Gasteiger partial charge in [0.2, 0.25) is 0 Å². The van der Waals surface area contributed by atoms with E-state index in [2.05, 4.69) is 17.1 Å². The number of amides is 1. The van der Waals surface area contributed by atoms with E-state index in [9.17, 15) is 9.59 Å². The lowest BCUT2D eigenvalue weighted by molar-refractivity contribution is -0.137. The number of carboxylic acids is 1. The van der Waals surface area contributed by atoms with Crippen LogP contribution in [0.15, 0.2) is 0 Å². The van der Waals surface area contributed by atoms with Crippen molar-refractivity contribution in [3.8, 4) is 0 Å². The third kappa shape index (κ3) is 8.55. The molecule has 1 rings (SSSR count). The lowest BCUT2D eigenvalue weighted by Crippen LogP contribution is -2.35. The number of carbonyl (C=O) groups excluding carboxylic acids is 1. The van der Waals surface area contributed by atoms with Crippen LogP contribution in [-0.2, 0) is 9.53 Å². The molecule has 0 aromatic rings. The van der Waals surface area contributed by atoms with Gasteiger partial charge in [-0.15, -0.1) is 0 Å². The van der Waals surface area contributed by atoms with Crippen LogP contribution in [0, 0.1) is 0 Å². The molecule has 1 fully saturated rings. The number of rotatable bonds is 10. The summed E-state index contributed by atoms with van der Waals surface area (Å²) in [5.41, 5.74) is 0. The Morgan fingerprint density at radius 2 is 2.00 bits per heavy atom. The Labute approximate surface area is 126 Å². The minimum absolute atomic E-state index is 0.0371. The summed E-state index contributed by atoms with van der Waals surface area (Å²) < 4.78 is 5.34. The van der Waals surface area contributed by atoms with Gasteiger partial charge in [-0.25, -0.2) is 4.79 Å². The average Bonchev–Trinajstić information content (AvgIpc) is 2.95. The van der Waals surface area contributed by atoms with E-state index in [1.54, 1.807) is 0 Å². The second-order valence-corrected chi connectivity index (χ2v) is 5.58. The lowest BCUT2D eigenvalue weighted by Gasteiger charge is -2.18. The number of carbonyl (C=O) groups is 2. The number of aliphatic carboxylic acids is 1. The van der Waals surface area contributed by atoms with Crippen molar-refractivity contribution in [2.24, 2.45) is 0 Å². The third-order valence-corrected chi connectivity index (χ3v) is 3.73. The number of alkyl carbamates (subject to hydrolysis) is 1. The molecule has 0 bridgehead atoms. The minimum Gasteiger partial charge on any atom is -0.481 e. The van der Waals surface area contributed by atoms with Crippen molar-refractivity contribution in [3.05, 3.63) is 0 Å². The quantitative estimate of drug-likeness (QED) is 0.647. The first-order valence-electron chi connectivity index (χ1n) is 8.00. The molecule has 1 amide bonds. The minimum atomic E-state index is -0.852. The Morgan fingerprint density at radius 1 is 1.29 bits per heavy atom. The van der Waals surface area contributed by atoms with Gasteiger partial charge in [0.05, 0.1) is 0 Å². The Hall–Kier alpha value is -1.30. The number of unbranched alkanes of at least 4 members (excludes halogenated alkanes) is 1. The number of carboxylic acid groups (broad SMARTS) is 1. The molecule has 0 aromatic carbocycles. The molecule has 122 valence electrons. The smallest absolute Gasteiger partial charge is 0.407 e. The molecule has 1 heterocycles. The van der Waals surface area contributed by atoms with E-state index in [0.717, 1.165) is 38.9 Å².